The molecule has 0 bridgehead atoms. The first-order chi connectivity index (χ1) is 7.37. The zero-order chi connectivity index (χ0) is 12.2. The maximum Gasteiger partial charge on any atom is 0.524 e. The van der Waals surface area contributed by atoms with Crippen molar-refractivity contribution in [3.63, 3.8) is 0 Å². The second-order valence-electron chi connectivity index (χ2n) is 2.89. The number of hydrogen-bond donors (Lipinski definition) is 3. The average molecular weight is 243 g/mol. The van der Waals surface area contributed by atoms with Crippen molar-refractivity contribution in [2.24, 2.45) is 5.73 Å². The molecule has 0 fully saturated rings. The third-order valence-corrected chi connectivity index (χ3v) is 1.99. The molecule has 7 heteroatoms. The summed E-state index contributed by atoms with van der Waals surface area (Å²) in [4.78, 5) is 27.5. The highest BCUT2D eigenvalue weighted by atomic mass is 31.2. The number of nitrogens with two attached hydrogens (primary N) is 1. The summed E-state index contributed by atoms with van der Waals surface area (Å²) in [6.07, 6.45) is 2.66. The fourth-order valence-corrected chi connectivity index (χ4v) is 1.35. The summed E-state index contributed by atoms with van der Waals surface area (Å²) in [6.45, 7) is 0. The molecule has 0 atom stereocenters. The first kappa shape index (κ1) is 12.4. The molecule has 16 heavy (non-hydrogen) atoms. The average Bonchev–Trinajstić information content (AvgIpc) is 2.14. The van der Waals surface area contributed by atoms with Crippen LogP contribution in [0, 0.1) is 0 Å². The van der Waals surface area contributed by atoms with Gasteiger partial charge >= 0.3 is 7.82 Å². The predicted octanol–water partition coefficient (Wildman–Crippen LogP) is 0.657. The molecular weight excluding hydrogens is 233 g/mol. The van der Waals surface area contributed by atoms with Crippen molar-refractivity contribution >= 4 is 19.8 Å². The standard InChI is InChI=1S/C9H10NO5P/c10-9(11)6-3-7-1-4-8(5-2-7)15-16(12,13)14/h1-6H,(H2,10,11)(H2,12,13,14). The second kappa shape index (κ2) is 4.94. The van der Waals surface area contributed by atoms with Crippen LogP contribution in [0.4, 0.5) is 0 Å². The Hall–Kier alpha value is -1.62. The van der Waals surface area contributed by atoms with Gasteiger partial charge < -0.3 is 10.3 Å². The summed E-state index contributed by atoms with van der Waals surface area (Å²) in [7, 11) is -4.53. The van der Waals surface area contributed by atoms with Gasteiger partial charge in [-0.1, -0.05) is 12.1 Å². The summed E-state index contributed by atoms with van der Waals surface area (Å²) in [5, 5.41) is 0. The van der Waals surface area contributed by atoms with Crippen LogP contribution in [0.25, 0.3) is 6.08 Å². The Labute approximate surface area is 91.6 Å². The third kappa shape index (κ3) is 4.75. The van der Waals surface area contributed by atoms with Crippen LogP contribution in [0.5, 0.6) is 5.75 Å². The van der Waals surface area contributed by atoms with Gasteiger partial charge in [-0.25, -0.2) is 4.57 Å². The molecule has 1 aromatic rings. The summed E-state index contributed by atoms with van der Waals surface area (Å²) < 4.78 is 14.8. The van der Waals surface area contributed by atoms with Gasteiger partial charge in [0.05, 0.1) is 0 Å². The van der Waals surface area contributed by atoms with Gasteiger partial charge in [-0.3, -0.25) is 14.6 Å². The summed E-state index contributed by atoms with van der Waals surface area (Å²) >= 11 is 0. The first-order valence-corrected chi connectivity index (χ1v) is 5.72. The van der Waals surface area contributed by atoms with Crippen LogP contribution in [0.3, 0.4) is 0 Å². The highest BCUT2D eigenvalue weighted by Gasteiger charge is 2.15. The molecule has 86 valence electrons. The van der Waals surface area contributed by atoms with E-state index in [1.54, 1.807) is 0 Å². The number of benzene rings is 1. The number of hydrogen-bond acceptors (Lipinski definition) is 3. The van der Waals surface area contributed by atoms with E-state index < -0.39 is 13.7 Å². The van der Waals surface area contributed by atoms with Crippen molar-refractivity contribution in [3.05, 3.63) is 35.9 Å². The van der Waals surface area contributed by atoms with Gasteiger partial charge in [-0.2, -0.15) is 0 Å². The minimum Gasteiger partial charge on any atom is -0.404 e. The monoisotopic (exact) mass is 243 g/mol. The molecular formula is C9H10NO5P. The Kier molecular flexibility index (Phi) is 3.84. The van der Waals surface area contributed by atoms with Crippen molar-refractivity contribution in [1.82, 2.24) is 0 Å². The van der Waals surface area contributed by atoms with Gasteiger partial charge in [-0.05, 0) is 23.8 Å². The first-order valence-electron chi connectivity index (χ1n) is 4.19. The van der Waals surface area contributed by atoms with E-state index in [4.69, 9.17) is 15.5 Å². The van der Waals surface area contributed by atoms with Crippen LogP contribution in [-0.4, -0.2) is 15.7 Å². The van der Waals surface area contributed by atoms with Gasteiger partial charge in [-0.15, -0.1) is 0 Å². The fraction of sp³-hybridized carbons (Fsp3) is 0. The van der Waals surface area contributed by atoms with Crippen molar-refractivity contribution < 1.29 is 23.7 Å². The van der Waals surface area contributed by atoms with Crippen LogP contribution in [0.1, 0.15) is 5.56 Å². The molecule has 4 N–H and O–H groups in total. The Bertz CT molecular complexity index is 447. The second-order valence-corrected chi connectivity index (χ2v) is 4.05. The molecule has 0 aromatic heterocycles. The van der Waals surface area contributed by atoms with Crippen molar-refractivity contribution in [2.75, 3.05) is 0 Å². The Morgan fingerprint density at radius 2 is 1.88 bits per heavy atom. The molecule has 0 aliphatic heterocycles. The molecule has 0 aliphatic carbocycles. The number of carbonyl (C=O) groups is 1. The maximum absolute atomic E-state index is 10.5. The Morgan fingerprint density at radius 1 is 1.31 bits per heavy atom. The number of rotatable bonds is 4. The number of phosphoric acid groups is 1. The smallest absolute Gasteiger partial charge is 0.404 e. The number of amides is 1. The van der Waals surface area contributed by atoms with E-state index in [2.05, 4.69) is 4.52 Å². The van der Waals surface area contributed by atoms with Gasteiger partial charge in [0.2, 0.25) is 5.91 Å². The molecule has 0 heterocycles. The molecule has 0 saturated heterocycles. The van der Waals surface area contributed by atoms with Crippen LogP contribution in [0.15, 0.2) is 30.3 Å². The lowest BCUT2D eigenvalue weighted by atomic mass is 10.2. The molecule has 6 nitrogen and oxygen atoms in total. The molecule has 0 saturated carbocycles. The summed E-state index contributed by atoms with van der Waals surface area (Å²) in [5.74, 6) is -0.528. The van der Waals surface area contributed by atoms with Crippen LogP contribution in [0.2, 0.25) is 0 Å². The predicted molar refractivity (Wildman–Crippen MR) is 57.3 cm³/mol. The molecule has 1 rings (SSSR count). The largest absolute Gasteiger partial charge is 0.524 e. The van der Waals surface area contributed by atoms with Gasteiger partial charge in [0.15, 0.2) is 0 Å². The van der Waals surface area contributed by atoms with E-state index >= 15 is 0 Å². The highest BCUT2D eigenvalue weighted by Crippen LogP contribution is 2.37. The fourth-order valence-electron chi connectivity index (χ4n) is 0.955. The lowest BCUT2D eigenvalue weighted by Crippen LogP contribution is -2.04. The molecule has 1 amide bonds. The third-order valence-electron chi connectivity index (χ3n) is 1.54. The Balaban J connectivity index is 2.76. The van der Waals surface area contributed by atoms with Crippen LogP contribution in [-0.2, 0) is 9.36 Å². The number of phosphoric ester groups is 1. The van der Waals surface area contributed by atoms with Gasteiger partial charge in [0.1, 0.15) is 5.75 Å². The minimum absolute atomic E-state index is 0.0459. The van der Waals surface area contributed by atoms with Gasteiger partial charge in [0, 0.05) is 6.08 Å². The van der Waals surface area contributed by atoms with E-state index in [9.17, 15) is 9.36 Å². The van der Waals surface area contributed by atoms with E-state index in [1.807, 2.05) is 0 Å². The molecule has 0 aliphatic rings. The topological polar surface area (TPSA) is 110 Å². The lowest BCUT2D eigenvalue weighted by Gasteiger charge is -2.06. The number of carbonyl (C=O) groups excluding carboxylic acids is 1. The van der Waals surface area contributed by atoms with Gasteiger partial charge in [0.25, 0.3) is 0 Å². The lowest BCUT2D eigenvalue weighted by molar-refractivity contribution is -0.113. The quantitative estimate of drug-likeness (QED) is 0.531. The number of primary amides is 1. The van der Waals surface area contributed by atoms with E-state index in [-0.39, 0.29) is 5.75 Å². The maximum atomic E-state index is 10.5. The highest BCUT2D eigenvalue weighted by molar-refractivity contribution is 7.46. The Morgan fingerprint density at radius 3 is 2.31 bits per heavy atom. The van der Waals surface area contributed by atoms with Crippen molar-refractivity contribution in [1.29, 1.82) is 0 Å². The van der Waals surface area contributed by atoms with E-state index in [1.165, 1.54) is 36.4 Å². The normalized spacial score (nSPS) is 11.6. The molecule has 0 unspecified atom stereocenters. The van der Waals surface area contributed by atoms with E-state index in [0.29, 0.717) is 5.56 Å². The van der Waals surface area contributed by atoms with E-state index in [0.717, 1.165) is 0 Å². The zero-order valence-electron chi connectivity index (χ0n) is 8.11. The molecule has 0 spiro atoms. The summed E-state index contributed by atoms with van der Waals surface area (Å²) in [6, 6.07) is 5.81. The van der Waals surface area contributed by atoms with Crippen LogP contribution >= 0.6 is 7.82 Å². The SMILES string of the molecule is NC(=O)C=Cc1ccc(OP(=O)(O)O)cc1. The van der Waals surface area contributed by atoms with Crippen LogP contribution < -0.4 is 10.3 Å². The molecule has 0 radical (unpaired) electrons. The van der Waals surface area contributed by atoms with Crippen molar-refractivity contribution in [2.45, 2.75) is 0 Å². The summed E-state index contributed by atoms with van der Waals surface area (Å²) in [5.41, 5.74) is 5.56. The van der Waals surface area contributed by atoms with Crippen molar-refractivity contribution in [3.8, 4) is 5.75 Å². The molecule has 1 aromatic carbocycles. The minimum atomic E-state index is -4.53. The zero-order valence-corrected chi connectivity index (χ0v) is 9.00.